The first-order valence-corrected chi connectivity index (χ1v) is 12.7. The standard InChI is InChI=1S/C26H28N4O3S/c1-18-16-21-6-5-9-23(29-34(32,33)22-7-3-2-4-8-22)25(21)30(17-18)24(31)15-12-19-10-13-20(14-11-19)26(27)28/h2-11,13-14,18,29H,12,15-17H2,1H3,(H3,27,28). The van der Waals surface area contributed by atoms with Gasteiger partial charge in [-0.05, 0) is 48.1 Å². The Labute approximate surface area is 200 Å². The highest BCUT2D eigenvalue weighted by atomic mass is 32.2. The summed E-state index contributed by atoms with van der Waals surface area (Å²) in [6.07, 6.45) is 1.59. The number of carbonyl (C=O) groups is 1. The summed E-state index contributed by atoms with van der Waals surface area (Å²) in [6.45, 7) is 2.61. The number of nitrogens with zero attached hydrogens (tertiary/aromatic N) is 1. The average Bonchev–Trinajstić information content (AvgIpc) is 2.82. The third-order valence-electron chi connectivity index (χ3n) is 5.94. The third kappa shape index (κ3) is 5.12. The Kier molecular flexibility index (Phi) is 6.70. The Morgan fingerprint density at radius 3 is 2.44 bits per heavy atom. The monoisotopic (exact) mass is 476 g/mol. The molecule has 0 bridgehead atoms. The molecule has 0 fully saturated rings. The van der Waals surface area contributed by atoms with Crippen molar-refractivity contribution in [3.63, 3.8) is 0 Å². The van der Waals surface area contributed by atoms with Gasteiger partial charge < -0.3 is 10.6 Å². The summed E-state index contributed by atoms with van der Waals surface area (Å²) in [6, 6.07) is 21.0. The number of amides is 1. The molecule has 1 aliphatic rings. The number of amidine groups is 1. The SMILES string of the molecule is CC1Cc2cccc(NS(=O)(=O)c3ccccc3)c2N(C(=O)CCc2ccc(C(=N)N)cc2)C1. The van der Waals surface area contributed by atoms with Crippen LogP contribution in [0.5, 0.6) is 0 Å². The molecule has 1 amide bonds. The molecule has 0 aromatic heterocycles. The zero-order chi connectivity index (χ0) is 24.3. The number of sulfonamides is 1. The Morgan fingerprint density at radius 2 is 1.76 bits per heavy atom. The normalized spacial score (nSPS) is 15.4. The Hall–Kier alpha value is -3.65. The average molecular weight is 477 g/mol. The second-order valence-electron chi connectivity index (χ2n) is 8.66. The number of hydrogen-bond acceptors (Lipinski definition) is 4. The molecular weight excluding hydrogens is 448 g/mol. The van der Waals surface area contributed by atoms with Gasteiger partial charge in [-0.25, -0.2) is 8.42 Å². The number of benzene rings is 3. The van der Waals surface area contributed by atoms with Crippen LogP contribution in [0, 0.1) is 11.3 Å². The van der Waals surface area contributed by atoms with Gasteiger partial charge in [0.15, 0.2) is 0 Å². The van der Waals surface area contributed by atoms with Gasteiger partial charge in [-0.15, -0.1) is 0 Å². The van der Waals surface area contributed by atoms with E-state index in [1.165, 1.54) is 0 Å². The van der Waals surface area contributed by atoms with Crippen LogP contribution < -0.4 is 15.4 Å². The van der Waals surface area contributed by atoms with Gasteiger partial charge in [0.05, 0.1) is 16.3 Å². The molecule has 0 radical (unpaired) electrons. The fourth-order valence-corrected chi connectivity index (χ4v) is 5.35. The van der Waals surface area contributed by atoms with E-state index in [0.717, 1.165) is 17.5 Å². The second kappa shape index (κ2) is 9.69. The van der Waals surface area contributed by atoms with Gasteiger partial charge in [0, 0.05) is 18.5 Å². The largest absolute Gasteiger partial charge is 0.384 e. The van der Waals surface area contributed by atoms with Crippen LogP contribution in [-0.4, -0.2) is 26.7 Å². The Balaban J connectivity index is 1.58. The van der Waals surface area contributed by atoms with Crippen molar-refractivity contribution in [1.82, 2.24) is 0 Å². The zero-order valence-electron chi connectivity index (χ0n) is 19.0. The number of hydrogen-bond donors (Lipinski definition) is 3. The van der Waals surface area contributed by atoms with Gasteiger partial charge in [0.25, 0.3) is 10.0 Å². The van der Waals surface area contributed by atoms with Gasteiger partial charge in [-0.1, -0.05) is 61.5 Å². The molecule has 0 saturated carbocycles. The van der Waals surface area contributed by atoms with Crippen molar-refractivity contribution >= 4 is 33.1 Å². The number of aryl methyl sites for hydroxylation is 1. The first kappa shape index (κ1) is 23.5. The molecule has 1 aliphatic heterocycles. The molecule has 8 heteroatoms. The van der Waals surface area contributed by atoms with E-state index in [1.807, 2.05) is 24.3 Å². The van der Waals surface area contributed by atoms with Crippen LogP contribution in [0.2, 0.25) is 0 Å². The van der Waals surface area contributed by atoms with E-state index in [1.54, 1.807) is 53.4 Å². The molecule has 1 heterocycles. The molecule has 3 aromatic rings. The highest BCUT2D eigenvalue weighted by Crippen LogP contribution is 2.37. The smallest absolute Gasteiger partial charge is 0.261 e. The summed E-state index contributed by atoms with van der Waals surface area (Å²) in [4.78, 5) is 15.2. The van der Waals surface area contributed by atoms with Crippen molar-refractivity contribution in [2.45, 2.75) is 31.1 Å². The highest BCUT2D eigenvalue weighted by Gasteiger charge is 2.30. The minimum absolute atomic E-state index is 0.00650. The first-order chi connectivity index (χ1) is 16.2. The number of anilines is 2. The summed E-state index contributed by atoms with van der Waals surface area (Å²) in [5, 5.41) is 7.50. The topological polar surface area (TPSA) is 116 Å². The van der Waals surface area contributed by atoms with E-state index in [-0.39, 0.29) is 29.0 Å². The minimum Gasteiger partial charge on any atom is -0.384 e. The molecule has 0 saturated heterocycles. The van der Waals surface area contributed by atoms with Crippen LogP contribution >= 0.6 is 0 Å². The first-order valence-electron chi connectivity index (χ1n) is 11.2. The maximum absolute atomic E-state index is 13.3. The number of nitrogens with one attached hydrogen (secondary N) is 2. The van der Waals surface area contributed by atoms with E-state index in [4.69, 9.17) is 11.1 Å². The molecule has 7 nitrogen and oxygen atoms in total. The lowest BCUT2D eigenvalue weighted by molar-refractivity contribution is -0.118. The number of fused-ring (bicyclic) bond motifs is 1. The Morgan fingerprint density at radius 1 is 1.06 bits per heavy atom. The van der Waals surface area contributed by atoms with Crippen molar-refractivity contribution < 1.29 is 13.2 Å². The van der Waals surface area contributed by atoms with Crippen molar-refractivity contribution in [2.24, 2.45) is 11.7 Å². The van der Waals surface area contributed by atoms with Gasteiger partial charge in [0.1, 0.15) is 5.84 Å². The van der Waals surface area contributed by atoms with Crippen molar-refractivity contribution in [3.8, 4) is 0 Å². The van der Waals surface area contributed by atoms with Crippen LogP contribution in [0.1, 0.15) is 30.0 Å². The van der Waals surface area contributed by atoms with Crippen molar-refractivity contribution in [1.29, 1.82) is 5.41 Å². The fourth-order valence-electron chi connectivity index (χ4n) is 4.27. The van der Waals surface area contributed by atoms with Crippen LogP contribution in [0.3, 0.4) is 0 Å². The van der Waals surface area contributed by atoms with Crippen molar-refractivity contribution in [2.75, 3.05) is 16.2 Å². The number of carbonyl (C=O) groups excluding carboxylic acids is 1. The summed E-state index contributed by atoms with van der Waals surface area (Å²) >= 11 is 0. The minimum atomic E-state index is -3.79. The quantitative estimate of drug-likeness (QED) is 0.354. The second-order valence-corrected chi connectivity index (χ2v) is 10.3. The lowest BCUT2D eigenvalue weighted by Crippen LogP contribution is -2.40. The fraction of sp³-hybridized carbons (Fsp3) is 0.231. The van der Waals surface area contributed by atoms with Gasteiger partial charge >= 0.3 is 0 Å². The molecule has 34 heavy (non-hydrogen) atoms. The van der Waals surface area contributed by atoms with Crippen LogP contribution in [-0.2, 0) is 27.7 Å². The number of nitrogen functional groups attached to an aromatic ring is 1. The van der Waals surface area contributed by atoms with Crippen LogP contribution in [0.25, 0.3) is 0 Å². The molecule has 3 aromatic carbocycles. The summed E-state index contributed by atoms with van der Waals surface area (Å²) < 4.78 is 28.7. The molecule has 0 aliphatic carbocycles. The summed E-state index contributed by atoms with van der Waals surface area (Å²) in [5.74, 6) is 0.203. The predicted octanol–water partition coefficient (Wildman–Crippen LogP) is 3.93. The Bertz CT molecular complexity index is 1310. The maximum atomic E-state index is 13.3. The lowest BCUT2D eigenvalue weighted by Gasteiger charge is -2.35. The molecular formula is C26H28N4O3S. The molecule has 4 N–H and O–H groups in total. The summed E-state index contributed by atoms with van der Waals surface area (Å²) in [7, 11) is -3.79. The van der Waals surface area contributed by atoms with Crippen LogP contribution in [0.15, 0.2) is 77.7 Å². The van der Waals surface area contributed by atoms with E-state index in [9.17, 15) is 13.2 Å². The third-order valence-corrected chi connectivity index (χ3v) is 7.32. The lowest BCUT2D eigenvalue weighted by atomic mass is 9.92. The molecule has 4 rings (SSSR count). The van der Waals surface area contributed by atoms with E-state index in [2.05, 4.69) is 11.6 Å². The predicted molar refractivity (Wildman–Crippen MR) is 135 cm³/mol. The number of para-hydroxylation sites is 1. The highest BCUT2D eigenvalue weighted by molar-refractivity contribution is 7.92. The van der Waals surface area contributed by atoms with E-state index in [0.29, 0.717) is 29.9 Å². The maximum Gasteiger partial charge on any atom is 0.261 e. The van der Waals surface area contributed by atoms with Gasteiger partial charge in [-0.3, -0.25) is 14.9 Å². The number of rotatable bonds is 7. The van der Waals surface area contributed by atoms with E-state index < -0.39 is 10.0 Å². The van der Waals surface area contributed by atoms with Crippen LogP contribution in [0.4, 0.5) is 11.4 Å². The number of nitrogens with two attached hydrogens (primary N) is 1. The molecule has 176 valence electrons. The molecule has 1 unspecified atom stereocenters. The zero-order valence-corrected chi connectivity index (χ0v) is 19.8. The molecule has 0 spiro atoms. The van der Waals surface area contributed by atoms with Gasteiger partial charge in [0.2, 0.25) is 5.91 Å². The van der Waals surface area contributed by atoms with Crippen molar-refractivity contribution in [3.05, 3.63) is 89.5 Å². The van der Waals surface area contributed by atoms with Gasteiger partial charge in [-0.2, -0.15) is 0 Å². The summed E-state index contributed by atoms with van der Waals surface area (Å²) in [5.41, 5.74) is 9.12. The van der Waals surface area contributed by atoms with E-state index >= 15 is 0 Å². The molecule has 1 atom stereocenters.